The van der Waals surface area contributed by atoms with Crippen molar-refractivity contribution in [2.75, 3.05) is 17.7 Å². The second-order valence-corrected chi connectivity index (χ2v) is 6.42. The van der Waals surface area contributed by atoms with Gasteiger partial charge in [-0.3, -0.25) is 0 Å². The lowest BCUT2D eigenvalue weighted by Crippen LogP contribution is -2.06. The number of para-hydroxylation sites is 1. The smallest absolute Gasteiger partial charge is 0.136 e. The molecule has 1 aromatic heterocycles. The van der Waals surface area contributed by atoms with Crippen LogP contribution in [0.15, 0.2) is 48.5 Å². The summed E-state index contributed by atoms with van der Waals surface area (Å²) in [6.45, 7) is 2.43. The summed E-state index contributed by atoms with van der Waals surface area (Å²) in [6.07, 6.45) is 0. The molecule has 3 rings (SSSR count). The molecule has 0 fully saturated rings. The van der Waals surface area contributed by atoms with E-state index in [1.54, 1.807) is 19.2 Å². The number of hydrogen-bond acceptors (Lipinski definition) is 5. The zero-order valence-electron chi connectivity index (χ0n) is 14.4. The van der Waals surface area contributed by atoms with Crippen molar-refractivity contribution in [3.63, 3.8) is 0 Å². The number of benzene rings is 2. The summed E-state index contributed by atoms with van der Waals surface area (Å²) in [5.74, 6) is 2.86. The van der Waals surface area contributed by atoms with Gasteiger partial charge in [-0.15, -0.1) is 0 Å². The topological polar surface area (TPSA) is 59.1 Å². The minimum absolute atomic E-state index is 0.483. The van der Waals surface area contributed by atoms with Crippen molar-refractivity contribution in [2.45, 2.75) is 13.5 Å². The highest BCUT2D eigenvalue weighted by Gasteiger charge is 2.06. The normalized spacial score (nSPS) is 10.5. The standard InChI is InChI=1S/C19H18Cl2N4O/c1-12-23-18(22-11-13-5-3-4-6-17(13)26-2)10-19(24-12)25-14-7-8-15(20)16(21)9-14/h3-10H,11H2,1-2H3,(H2,22,23,24,25). The number of hydrogen-bond donors (Lipinski definition) is 2. The first-order valence-corrected chi connectivity index (χ1v) is 8.74. The van der Waals surface area contributed by atoms with E-state index in [2.05, 4.69) is 20.6 Å². The second kappa shape index (κ2) is 8.25. The Morgan fingerprint density at radius 2 is 1.73 bits per heavy atom. The summed E-state index contributed by atoms with van der Waals surface area (Å²) in [5, 5.41) is 7.51. The molecule has 0 saturated carbocycles. The molecule has 0 amide bonds. The van der Waals surface area contributed by atoms with Crippen LogP contribution in [0, 0.1) is 6.92 Å². The third-order valence-electron chi connectivity index (χ3n) is 3.68. The van der Waals surface area contributed by atoms with Gasteiger partial charge in [-0.2, -0.15) is 0 Å². The Morgan fingerprint density at radius 1 is 0.962 bits per heavy atom. The lowest BCUT2D eigenvalue weighted by Gasteiger charge is -2.12. The van der Waals surface area contributed by atoms with Crippen LogP contribution in [-0.2, 0) is 6.54 Å². The fraction of sp³-hybridized carbons (Fsp3) is 0.158. The lowest BCUT2D eigenvalue weighted by molar-refractivity contribution is 0.410. The van der Waals surface area contributed by atoms with Gasteiger partial charge in [0.1, 0.15) is 23.2 Å². The van der Waals surface area contributed by atoms with Crippen LogP contribution in [0.25, 0.3) is 0 Å². The largest absolute Gasteiger partial charge is 0.496 e. The summed E-state index contributed by atoms with van der Waals surface area (Å²) in [7, 11) is 1.66. The Labute approximate surface area is 162 Å². The van der Waals surface area contributed by atoms with E-state index in [0.717, 1.165) is 17.0 Å². The minimum atomic E-state index is 0.483. The fourth-order valence-electron chi connectivity index (χ4n) is 2.48. The molecule has 0 aliphatic carbocycles. The van der Waals surface area contributed by atoms with Gasteiger partial charge in [0, 0.05) is 23.9 Å². The number of aromatic nitrogens is 2. The van der Waals surface area contributed by atoms with Crippen LogP contribution in [0.3, 0.4) is 0 Å². The highest BCUT2D eigenvalue weighted by molar-refractivity contribution is 6.42. The molecule has 3 aromatic rings. The van der Waals surface area contributed by atoms with Crippen LogP contribution in [0.5, 0.6) is 5.75 Å². The molecule has 0 aliphatic rings. The third-order valence-corrected chi connectivity index (χ3v) is 4.42. The molecule has 5 nitrogen and oxygen atoms in total. The highest BCUT2D eigenvalue weighted by atomic mass is 35.5. The van der Waals surface area contributed by atoms with Crippen LogP contribution in [0.2, 0.25) is 10.0 Å². The fourth-order valence-corrected chi connectivity index (χ4v) is 2.78. The van der Waals surface area contributed by atoms with Crippen molar-refractivity contribution >= 4 is 40.5 Å². The Kier molecular flexibility index (Phi) is 5.81. The molecular formula is C19H18Cl2N4O. The zero-order valence-corrected chi connectivity index (χ0v) is 15.9. The predicted molar refractivity (Wildman–Crippen MR) is 107 cm³/mol. The van der Waals surface area contributed by atoms with Gasteiger partial charge in [0.15, 0.2) is 0 Å². The van der Waals surface area contributed by atoms with Gasteiger partial charge in [-0.25, -0.2) is 9.97 Å². The lowest BCUT2D eigenvalue weighted by atomic mass is 10.2. The van der Waals surface area contributed by atoms with E-state index in [9.17, 15) is 0 Å². The summed E-state index contributed by atoms with van der Waals surface area (Å²) in [5.41, 5.74) is 1.85. The average Bonchev–Trinajstić information content (AvgIpc) is 2.63. The minimum Gasteiger partial charge on any atom is -0.496 e. The summed E-state index contributed by atoms with van der Waals surface area (Å²) in [6, 6.07) is 15.0. The predicted octanol–water partition coefficient (Wildman–Crippen LogP) is 5.46. The van der Waals surface area contributed by atoms with E-state index in [4.69, 9.17) is 27.9 Å². The van der Waals surface area contributed by atoms with Crippen molar-refractivity contribution in [3.8, 4) is 5.75 Å². The molecule has 2 N–H and O–H groups in total. The molecule has 7 heteroatoms. The number of aryl methyl sites for hydroxylation is 1. The van der Waals surface area contributed by atoms with Gasteiger partial charge in [0.2, 0.25) is 0 Å². The summed E-state index contributed by atoms with van der Waals surface area (Å²) in [4.78, 5) is 8.83. The quantitative estimate of drug-likeness (QED) is 0.587. The molecule has 0 atom stereocenters. The van der Waals surface area contributed by atoms with Crippen molar-refractivity contribution in [3.05, 3.63) is 70.0 Å². The van der Waals surface area contributed by atoms with Gasteiger partial charge in [0.25, 0.3) is 0 Å². The maximum atomic E-state index is 6.06. The van der Waals surface area contributed by atoms with Crippen molar-refractivity contribution in [2.24, 2.45) is 0 Å². The van der Waals surface area contributed by atoms with Gasteiger partial charge in [-0.1, -0.05) is 41.4 Å². The Morgan fingerprint density at radius 3 is 2.50 bits per heavy atom. The van der Waals surface area contributed by atoms with Crippen molar-refractivity contribution < 1.29 is 4.74 Å². The van der Waals surface area contributed by atoms with Crippen LogP contribution in [0.4, 0.5) is 17.3 Å². The highest BCUT2D eigenvalue weighted by Crippen LogP contribution is 2.27. The first-order chi connectivity index (χ1) is 12.5. The molecule has 0 aliphatic heterocycles. The average molecular weight is 389 g/mol. The van der Waals surface area contributed by atoms with Crippen LogP contribution < -0.4 is 15.4 Å². The molecule has 0 bridgehead atoms. The summed E-state index contributed by atoms with van der Waals surface area (Å²) < 4.78 is 5.37. The molecule has 0 radical (unpaired) electrons. The SMILES string of the molecule is COc1ccccc1CNc1cc(Nc2ccc(Cl)c(Cl)c2)nc(C)n1. The van der Waals surface area contributed by atoms with Crippen molar-refractivity contribution in [1.29, 1.82) is 0 Å². The number of nitrogens with one attached hydrogen (secondary N) is 2. The first-order valence-electron chi connectivity index (χ1n) is 7.98. The van der Waals surface area contributed by atoms with Gasteiger partial charge in [0.05, 0.1) is 17.2 Å². The molecule has 26 heavy (non-hydrogen) atoms. The van der Waals surface area contributed by atoms with E-state index >= 15 is 0 Å². The van der Waals surface area contributed by atoms with E-state index < -0.39 is 0 Å². The van der Waals surface area contributed by atoms with Crippen molar-refractivity contribution in [1.82, 2.24) is 9.97 Å². The van der Waals surface area contributed by atoms with E-state index in [-0.39, 0.29) is 0 Å². The van der Waals surface area contributed by atoms with Gasteiger partial charge < -0.3 is 15.4 Å². The third kappa shape index (κ3) is 4.56. The van der Waals surface area contributed by atoms with E-state index in [1.807, 2.05) is 43.3 Å². The van der Waals surface area contributed by atoms with Gasteiger partial charge >= 0.3 is 0 Å². The molecule has 1 heterocycles. The molecule has 0 saturated heterocycles. The monoisotopic (exact) mass is 388 g/mol. The molecule has 0 unspecified atom stereocenters. The Balaban J connectivity index is 1.76. The Hall–Kier alpha value is -2.50. The second-order valence-electron chi connectivity index (χ2n) is 5.60. The van der Waals surface area contributed by atoms with Crippen LogP contribution in [-0.4, -0.2) is 17.1 Å². The Bertz CT molecular complexity index is 918. The van der Waals surface area contributed by atoms with E-state index in [1.165, 1.54) is 0 Å². The molecular weight excluding hydrogens is 371 g/mol. The number of rotatable bonds is 6. The zero-order chi connectivity index (χ0) is 18.5. The summed E-state index contributed by atoms with van der Waals surface area (Å²) >= 11 is 12.0. The number of methoxy groups -OCH3 is 1. The van der Waals surface area contributed by atoms with E-state index in [0.29, 0.717) is 34.1 Å². The van der Waals surface area contributed by atoms with Crippen LogP contribution >= 0.6 is 23.2 Å². The maximum absolute atomic E-state index is 6.06. The number of halogens is 2. The van der Waals surface area contributed by atoms with Gasteiger partial charge in [-0.05, 0) is 31.2 Å². The maximum Gasteiger partial charge on any atom is 0.136 e. The number of ether oxygens (including phenoxy) is 1. The molecule has 2 aromatic carbocycles. The first kappa shape index (κ1) is 18.3. The number of nitrogens with zero attached hydrogens (tertiary/aromatic N) is 2. The molecule has 134 valence electrons. The molecule has 0 spiro atoms. The van der Waals surface area contributed by atoms with Crippen LogP contribution in [0.1, 0.15) is 11.4 Å². The number of anilines is 3.